The lowest BCUT2D eigenvalue weighted by Gasteiger charge is -2.13. The van der Waals surface area contributed by atoms with E-state index in [-0.39, 0.29) is 0 Å². The minimum Gasteiger partial charge on any atom is -0.489 e. The largest absolute Gasteiger partial charge is 0.489 e. The highest BCUT2D eigenvalue weighted by Crippen LogP contribution is 2.24. The van der Waals surface area contributed by atoms with Gasteiger partial charge in [0.1, 0.15) is 12.4 Å². The zero-order chi connectivity index (χ0) is 14.7. The van der Waals surface area contributed by atoms with Crippen molar-refractivity contribution in [3.05, 3.63) is 58.7 Å². The molecule has 4 heteroatoms. The molecule has 0 fully saturated rings. The summed E-state index contributed by atoms with van der Waals surface area (Å²) in [5.74, 6) is 0.873. The molecular formula is C16H19BO3. The normalized spacial score (nSPS) is 10.4. The molecule has 2 aromatic carbocycles. The van der Waals surface area contributed by atoms with Crippen LogP contribution in [0.5, 0.6) is 5.75 Å². The summed E-state index contributed by atoms with van der Waals surface area (Å²) in [6.45, 7) is 6.56. The Morgan fingerprint density at radius 1 is 1.05 bits per heavy atom. The van der Waals surface area contributed by atoms with E-state index in [2.05, 4.69) is 13.0 Å². The molecule has 2 aromatic rings. The van der Waals surface area contributed by atoms with Crippen molar-refractivity contribution < 1.29 is 14.8 Å². The fourth-order valence-corrected chi connectivity index (χ4v) is 2.16. The molecule has 104 valence electrons. The summed E-state index contributed by atoms with van der Waals surface area (Å²) in [4.78, 5) is 0. The number of aryl methyl sites for hydroxylation is 2. The van der Waals surface area contributed by atoms with Crippen LogP contribution < -0.4 is 10.2 Å². The summed E-state index contributed by atoms with van der Waals surface area (Å²) in [6, 6.07) is 11.3. The second-order valence-electron chi connectivity index (χ2n) is 5.11. The number of hydrogen-bond acceptors (Lipinski definition) is 3. The van der Waals surface area contributed by atoms with Crippen LogP contribution in [-0.2, 0) is 6.61 Å². The van der Waals surface area contributed by atoms with Gasteiger partial charge in [-0.3, -0.25) is 0 Å². The smallest absolute Gasteiger partial charge is 0.488 e. The lowest BCUT2D eigenvalue weighted by molar-refractivity contribution is 0.303. The number of hydrogen-bond donors (Lipinski definition) is 2. The van der Waals surface area contributed by atoms with Gasteiger partial charge >= 0.3 is 7.12 Å². The molecule has 2 rings (SSSR count). The molecule has 0 radical (unpaired) electrons. The summed E-state index contributed by atoms with van der Waals surface area (Å²) < 4.78 is 5.86. The molecule has 3 nitrogen and oxygen atoms in total. The van der Waals surface area contributed by atoms with E-state index in [0.717, 1.165) is 16.9 Å². The van der Waals surface area contributed by atoms with Crippen molar-refractivity contribution in [3.8, 4) is 5.75 Å². The van der Waals surface area contributed by atoms with Gasteiger partial charge in [0.15, 0.2) is 0 Å². The zero-order valence-corrected chi connectivity index (χ0v) is 12.1. The maximum atomic E-state index is 9.17. The third kappa shape index (κ3) is 3.41. The van der Waals surface area contributed by atoms with Crippen LogP contribution in [0.15, 0.2) is 36.4 Å². The van der Waals surface area contributed by atoms with E-state index in [1.54, 1.807) is 18.2 Å². The van der Waals surface area contributed by atoms with Crippen molar-refractivity contribution in [1.29, 1.82) is 0 Å². The van der Waals surface area contributed by atoms with Gasteiger partial charge in [-0.05, 0) is 54.6 Å². The number of rotatable bonds is 4. The number of benzene rings is 2. The van der Waals surface area contributed by atoms with Gasteiger partial charge < -0.3 is 14.8 Å². The monoisotopic (exact) mass is 270 g/mol. The zero-order valence-electron chi connectivity index (χ0n) is 12.1. The van der Waals surface area contributed by atoms with E-state index < -0.39 is 7.12 Å². The second-order valence-corrected chi connectivity index (χ2v) is 5.11. The van der Waals surface area contributed by atoms with E-state index >= 15 is 0 Å². The van der Waals surface area contributed by atoms with Crippen molar-refractivity contribution in [3.63, 3.8) is 0 Å². The van der Waals surface area contributed by atoms with Gasteiger partial charge in [0.05, 0.1) is 0 Å². The molecular weight excluding hydrogens is 251 g/mol. The maximum Gasteiger partial charge on any atom is 0.488 e. The molecule has 0 unspecified atom stereocenters. The Morgan fingerprint density at radius 3 is 2.50 bits per heavy atom. The first-order chi connectivity index (χ1) is 9.47. The van der Waals surface area contributed by atoms with Crippen LogP contribution >= 0.6 is 0 Å². The topological polar surface area (TPSA) is 49.7 Å². The first-order valence-electron chi connectivity index (χ1n) is 6.63. The molecule has 20 heavy (non-hydrogen) atoms. The molecule has 0 aliphatic carbocycles. The Bertz CT molecular complexity index is 609. The average molecular weight is 270 g/mol. The van der Waals surface area contributed by atoms with Crippen molar-refractivity contribution in [2.45, 2.75) is 27.4 Å². The van der Waals surface area contributed by atoms with E-state index in [9.17, 15) is 0 Å². The van der Waals surface area contributed by atoms with Gasteiger partial charge in [0, 0.05) is 0 Å². The van der Waals surface area contributed by atoms with Gasteiger partial charge in [0.2, 0.25) is 0 Å². The van der Waals surface area contributed by atoms with Crippen LogP contribution in [0.2, 0.25) is 0 Å². The highest BCUT2D eigenvalue weighted by atomic mass is 16.5. The molecule has 0 saturated heterocycles. The minimum absolute atomic E-state index is 0.407. The summed E-state index contributed by atoms with van der Waals surface area (Å²) in [5.41, 5.74) is 4.90. The predicted molar refractivity (Wildman–Crippen MR) is 81.3 cm³/mol. The van der Waals surface area contributed by atoms with E-state index in [4.69, 9.17) is 14.8 Å². The van der Waals surface area contributed by atoms with E-state index in [1.165, 1.54) is 11.1 Å². The average Bonchev–Trinajstić information content (AvgIpc) is 2.41. The third-order valence-corrected chi connectivity index (χ3v) is 3.41. The van der Waals surface area contributed by atoms with E-state index in [1.807, 2.05) is 26.0 Å². The molecule has 2 N–H and O–H groups in total. The Morgan fingerprint density at radius 2 is 1.80 bits per heavy atom. The lowest BCUT2D eigenvalue weighted by Crippen LogP contribution is -2.29. The highest BCUT2D eigenvalue weighted by molar-refractivity contribution is 6.58. The first kappa shape index (κ1) is 14.6. The Labute approximate surface area is 120 Å². The van der Waals surface area contributed by atoms with Crippen molar-refractivity contribution in [1.82, 2.24) is 0 Å². The molecule has 0 heterocycles. The van der Waals surface area contributed by atoms with Gasteiger partial charge in [0.25, 0.3) is 0 Å². The van der Waals surface area contributed by atoms with Crippen LogP contribution in [0.3, 0.4) is 0 Å². The van der Waals surface area contributed by atoms with Crippen LogP contribution in [0.1, 0.15) is 22.3 Å². The van der Waals surface area contributed by atoms with Gasteiger partial charge in [-0.25, -0.2) is 0 Å². The molecule has 0 aliphatic rings. The van der Waals surface area contributed by atoms with E-state index in [0.29, 0.717) is 12.1 Å². The van der Waals surface area contributed by atoms with Crippen molar-refractivity contribution in [2.75, 3.05) is 0 Å². The molecule has 0 aliphatic heterocycles. The molecule has 0 atom stereocenters. The summed E-state index contributed by atoms with van der Waals surface area (Å²) in [6.07, 6.45) is 0. The standard InChI is InChI=1S/C16H19BO3/c1-11-7-12(2)13(3)16(8-11)20-10-14-5-4-6-15(9-14)17(18)19/h4-9,18-19H,10H2,1-3H3. The second kappa shape index (κ2) is 6.12. The Kier molecular flexibility index (Phi) is 4.48. The Balaban J connectivity index is 2.15. The minimum atomic E-state index is -1.45. The predicted octanol–water partition coefficient (Wildman–Crippen LogP) is 1.87. The molecule has 0 spiro atoms. The van der Waals surface area contributed by atoms with Crippen molar-refractivity contribution in [2.24, 2.45) is 0 Å². The Hall–Kier alpha value is -1.78. The quantitative estimate of drug-likeness (QED) is 0.834. The summed E-state index contributed by atoms with van der Waals surface area (Å²) in [7, 11) is -1.45. The summed E-state index contributed by atoms with van der Waals surface area (Å²) in [5, 5.41) is 18.3. The molecule has 0 bridgehead atoms. The fourth-order valence-electron chi connectivity index (χ4n) is 2.16. The maximum absolute atomic E-state index is 9.17. The third-order valence-electron chi connectivity index (χ3n) is 3.41. The molecule has 0 saturated carbocycles. The van der Waals surface area contributed by atoms with Crippen molar-refractivity contribution >= 4 is 12.6 Å². The van der Waals surface area contributed by atoms with Crippen LogP contribution in [0.4, 0.5) is 0 Å². The first-order valence-corrected chi connectivity index (χ1v) is 6.63. The van der Waals surface area contributed by atoms with Crippen LogP contribution in [-0.4, -0.2) is 17.2 Å². The SMILES string of the molecule is Cc1cc(C)c(C)c(OCc2cccc(B(O)O)c2)c1. The van der Waals surface area contributed by atoms with Gasteiger partial charge in [-0.2, -0.15) is 0 Å². The molecule has 0 amide bonds. The number of ether oxygens (including phenoxy) is 1. The summed E-state index contributed by atoms with van der Waals surface area (Å²) >= 11 is 0. The molecule has 0 aromatic heterocycles. The van der Waals surface area contributed by atoms with Crippen LogP contribution in [0, 0.1) is 20.8 Å². The van der Waals surface area contributed by atoms with Crippen LogP contribution in [0.25, 0.3) is 0 Å². The highest BCUT2D eigenvalue weighted by Gasteiger charge is 2.11. The van der Waals surface area contributed by atoms with Gasteiger partial charge in [-0.15, -0.1) is 0 Å². The lowest BCUT2D eigenvalue weighted by atomic mass is 9.80. The van der Waals surface area contributed by atoms with Gasteiger partial charge in [-0.1, -0.05) is 30.3 Å². The fraction of sp³-hybridized carbons (Fsp3) is 0.250.